The SMILES string of the molecule is Cc1ccc(S(=O)(=O)N2CCCCC2)cc1NC(=O)CSc1nnc(C)n1C1CCCCC1. The highest BCUT2D eigenvalue weighted by atomic mass is 32.2. The summed E-state index contributed by atoms with van der Waals surface area (Å²) in [5.41, 5.74) is 1.36. The first-order valence-electron chi connectivity index (χ1n) is 11.8. The van der Waals surface area contributed by atoms with Crippen LogP contribution in [0.15, 0.2) is 28.3 Å². The van der Waals surface area contributed by atoms with Crippen LogP contribution in [0.1, 0.15) is 68.8 Å². The molecule has 2 aromatic rings. The average Bonchev–Trinajstić information content (AvgIpc) is 3.20. The van der Waals surface area contributed by atoms with Crippen molar-refractivity contribution >= 4 is 33.4 Å². The minimum Gasteiger partial charge on any atom is -0.325 e. The summed E-state index contributed by atoms with van der Waals surface area (Å²) in [6, 6.07) is 5.36. The van der Waals surface area contributed by atoms with Gasteiger partial charge >= 0.3 is 0 Å². The van der Waals surface area contributed by atoms with Crippen LogP contribution in [0.25, 0.3) is 0 Å². The number of carbonyl (C=O) groups excluding carboxylic acids is 1. The predicted octanol–water partition coefficient (Wildman–Crippen LogP) is 4.31. The molecule has 0 bridgehead atoms. The zero-order valence-corrected chi connectivity index (χ0v) is 21.1. The molecular formula is C23H33N5O3S2. The maximum atomic E-state index is 13.0. The monoisotopic (exact) mass is 491 g/mol. The molecule has 33 heavy (non-hydrogen) atoms. The molecule has 4 rings (SSSR count). The van der Waals surface area contributed by atoms with Crippen molar-refractivity contribution in [3.05, 3.63) is 29.6 Å². The van der Waals surface area contributed by atoms with E-state index in [1.54, 1.807) is 22.5 Å². The Bertz CT molecular complexity index is 1090. The lowest BCUT2D eigenvalue weighted by Crippen LogP contribution is -2.35. The van der Waals surface area contributed by atoms with Crippen molar-refractivity contribution in [1.29, 1.82) is 0 Å². The summed E-state index contributed by atoms with van der Waals surface area (Å²) in [6.45, 7) is 4.93. The van der Waals surface area contributed by atoms with E-state index < -0.39 is 10.0 Å². The van der Waals surface area contributed by atoms with Crippen LogP contribution in [0.3, 0.4) is 0 Å². The number of benzene rings is 1. The number of piperidine rings is 1. The number of carbonyl (C=O) groups is 1. The number of hydrogen-bond donors (Lipinski definition) is 1. The summed E-state index contributed by atoms with van der Waals surface area (Å²) >= 11 is 1.38. The van der Waals surface area contributed by atoms with E-state index in [0.29, 0.717) is 24.8 Å². The second-order valence-electron chi connectivity index (χ2n) is 8.97. The van der Waals surface area contributed by atoms with Crippen LogP contribution in [0.4, 0.5) is 5.69 Å². The Morgan fingerprint density at radius 3 is 2.48 bits per heavy atom. The smallest absolute Gasteiger partial charge is 0.243 e. The summed E-state index contributed by atoms with van der Waals surface area (Å²) in [4.78, 5) is 13.0. The van der Waals surface area contributed by atoms with E-state index in [9.17, 15) is 13.2 Å². The fraction of sp³-hybridized carbons (Fsp3) is 0.609. The molecule has 2 aliphatic rings. The number of hydrogen-bond acceptors (Lipinski definition) is 6. The van der Waals surface area contributed by atoms with Gasteiger partial charge in [-0.3, -0.25) is 4.79 Å². The Kier molecular flexibility index (Phi) is 7.76. The van der Waals surface area contributed by atoms with E-state index in [4.69, 9.17) is 0 Å². The molecule has 1 aliphatic carbocycles. The van der Waals surface area contributed by atoms with E-state index in [1.807, 2.05) is 13.8 Å². The van der Waals surface area contributed by atoms with E-state index in [2.05, 4.69) is 20.1 Å². The number of aryl methyl sites for hydroxylation is 2. The molecule has 1 aromatic carbocycles. The summed E-state index contributed by atoms with van der Waals surface area (Å²) in [5.74, 6) is 0.885. The molecule has 1 saturated heterocycles. The summed E-state index contributed by atoms with van der Waals surface area (Å²) in [5, 5.41) is 12.2. The van der Waals surface area contributed by atoms with Gasteiger partial charge in [0.2, 0.25) is 15.9 Å². The Morgan fingerprint density at radius 1 is 1.06 bits per heavy atom. The highest BCUT2D eigenvalue weighted by molar-refractivity contribution is 7.99. The number of nitrogens with zero attached hydrogens (tertiary/aromatic N) is 4. The zero-order chi connectivity index (χ0) is 23.4. The maximum absolute atomic E-state index is 13.0. The van der Waals surface area contributed by atoms with Gasteiger partial charge in [-0.1, -0.05) is 43.5 Å². The third-order valence-electron chi connectivity index (χ3n) is 6.54. The lowest BCUT2D eigenvalue weighted by atomic mass is 9.95. The maximum Gasteiger partial charge on any atom is 0.243 e. The molecule has 1 aliphatic heterocycles. The van der Waals surface area contributed by atoms with Gasteiger partial charge in [0.15, 0.2) is 5.16 Å². The van der Waals surface area contributed by atoms with Gasteiger partial charge in [-0.25, -0.2) is 8.42 Å². The summed E-state index contributed by atoms with van der Waals surface area (Å²) in [7, 11) is -3.55. The first kappa shape index (κ1) is 24.2. The highest BCUT2D eigenvalue weighted by Crippen LogP contribution is 2.32. The van der Waals surface area contributed by atoms with E-state index >= 15 is 0 Å². The minimum atomic E-state index is -3.55. The highest BCUT2D eigenvalue weighted by Gasteiger charge is 2.27. The summed E-state index contributed by atoms with van der Waals surface area (Å²) < 4.78 is 29.8. The predicted molar refractivity (Wildman–Crippen MR) is 130 cm³/mol. The molecule has 0 atom stereocenters. The minimum absolute atomic E-state index is 0.188. The molecule has 180 valence electrons. The largest absolute Gasteiger partial charge is 0.325 e. The molecule has 1 aromatic heterocycles. The van der Waals surface area contributed by atoms with Crippen LogP contribution < -0.4 is 5.32 Å². The van der Waals surface area contributed by atoms with Gasteiger partial charge in [-0.2, -0.15) is 4.31 Å². The fourth-order valence-corrected chi connectivity index (χ4v) is 7.07. The van der Waals surface area contributed by atoms with Crippen LogP contribution >= 0.6 is 11.8 Å². The number of anilines is 1. The number of amides is 1. The van der Waals surface area contributed by atoms with Crippen molar-refractivity contribution in [2.45, 2.75) is 81.3 Å². The normalized spacial score (nSPS) is 18.4. The van der Waals surface area contributed by atoms with Gasteiger partial charge < -0.3 is 9.88 Å². The van der Waals surface area contributed by atoms with Gasteiger partial charge in [0.05, 0.1) is 10.6 Å². The van der Waals surface area contributed by atoms with Crippen molar-refractivity contribution in [3.8, 4) is 0 Å². The number of aromatic nitrogens is 3. The first-order chi connectivity index (χ1) is 15.9. The van der Waals surface area contributed by atoms with Crippen molar-refractivity contribution < 1.29 is 13.2 Å². The lowest BCUT2D eigenvalue weighted by Gasteiger charge is -2.26. The topological polar surface area (TPSA) is 97.2 Å². The Balaban J connectivity index is 1.43. The molecule has 2 fully saturated rings. The van der Waals surface area contributed by atoms with Crippen LogP contribution in [0, 0.1) is 13.8 Å². The van der Waals surface area contributed by atoms with Gasteiger partial charge in [0.1, 0.15) is 5.82 Å². The van der Waals surface area contributed by atoms with E-state index in [0.717, 1.165) is 48.6 Å². The van der Waals surface area contributed by atoms with Crippen LogP contribution in [0.5, 0.6) is 0 Å². The molecule has 1 amide bonds. The van der Waals surface area contributed by atoms with Crippen molar-refractivity contribution in [3.63, 3.8) is 0 Å². The second-order valence-corrected chi connectivity index (χ2v) is 11.9. The average molecular weight is 492 g/mol. The van der Waals surface area contributed by atoms with Crippen LogP contribution in [0.2, 0.25) is 0 Å². The molecule has 0 radical (unpaired) electrons. The molecular weight excluding hydrogens is 458 g/mol. The van der Waals surface area contributed by atoms with E-state index in [-0.39, 0.29) is 16.6 Å². The Morgan fingerprint density at radius 2 is 1.76 bits per heavy atom. The molecule has 8 nitrogen and oxygen atoms in total. The van der Waals surface area contributed by atoms with Gasteiger partial charge in [-0.05, 0) is 57.2 Å². The van der Waals surface area contributed by atoms with Gasteiger partial charge in [0, 0.05) is 24.8 Å². The van der Waals surface area contributed by atoms with Gasteiger partial charge in [-0.15, -0.1) is 10.2 Å². The number of sulfonamides is 1. The van der Waals surface area contributed by atoms with Crippen molar-refractivity contribution in [2.24, 2.45) is 0 Å². The zero-order valence-electron chi connectivity index (χ0n) is 19.4. The standard InChI is InChI=1S/C23H33N5O3S2/c1-17-11-12-20(33(30,31)27-13-7-4-8-14-27)15-21(17)24-22(29)16-32-23-26-25-18(2)28(23)19-9-5-3-6-10-19/h11-12,15,19H,3-10,13-14,16H2,1-2H3,(H,24,29). The van der Waals surface area contributed by atoms with Crippen LogP contribution in [-0.4, -0.2) is 52.2 Å². The number of thioether (sulfide) groups is 1. The first-order valence-corrected chi connectivity index (χ1v) is 14.2. The molecule has 10 heteroatoms. The third kappa shape index (κ3) is 5.60. The Labute approximate surface area is 200 Å². The lowest BCUT2D eigenvalue weighted by molar-refractivity contribution is -0.113. The third-order valence-corrected chi connectivity index (χ3v) is 9.38. The quantitative estimate of drug-likeness (QED) is 0.580. The molecule has 1 saturated carbocycles. The molecule has 0 spiro atoms. The molecule has 1 N–H and O–H groups in total. The number of nitrogens with one attached hydrogen (secondary N) is 1. The Hall–Kier alpha value is -1.91. The second kappa shape index (κ2) is 10.6. The van der Waals surface area contributed by atoms with Crippen LogP contribution in [-0.2, 0) is 14.8 Å². The van der Waals surface area contributed by atoms with E-state index in [1.165, 1.54) is 31.0 Å². The fourth-order valence-electron chi connectivity index (χ4n) is 4.67. The summed E-state index contributed by atoms with van der Waals surface area (Å²) in [6.07, 6.45) is 8.77. The molecule has 0 unspecified atom stereocenters. The molecule has 2 heterocycles. The van der Waals surface area contributed by atoms with Crippen molar-refractivity contribution in [1.82, 2.24) is 19.1 Å². The van der Waals surface area contributed by atoms with Crippen molar-refractivity contribution in [2.75, 3.05) is 24.2 Å². The van der Waals surface area contributed by atoms with Gasteiger partial charge in [0.25, 0.3) is 0 Å². The number of rotatable bonds is 7.